The summed E-state index contributed by atoms with van der Waals surface area (Å²) < 4.78 is 5.12. The Hall–Kier alpha value is -2.73. The number of aromatic hydroxyl groups is 1. The van der Waals surface area contributed by atoms with Gasteiger partial charge in [0.2, 0.25) is 0 Å². The van der Waals surface area contributed by atoms with Crippen LogP contribution in [0, 0.1) is 6.92 Å². The van der Waals surface area contributed by atoms with Crippen molar-refractivity contribution in [3.63, 3.8) is 0 Å². The molecule has 1 heterocycles. The summed E-state index contributed by atoms with van der Waals surface area (Å²) in [4.78, 5) is 19.5. The number of amidine groups is 1. The molecule has 26 heavy (non-hydrogen) atoms. The van der Waals surface area contributed by atoms with Gasteiger partial charge in [0.25, 0.3) is 5.91 Å². The number of ether oxygens (including phenoxy) is 1. The lowest BCUT2D eigenvalue weighted by Crippen LogP contribution is -2.28. The number of phenolic OH excluding ortho intramolecular Hbond substituents is 1. The van der Waals surface area contributed by atoms with E-state index in [2.05, 4.69) is 4.99 Å². The van der Waals surface area contributed by atoms with E-state index in [0.717, 1.165) is 11.3 Å². The molecule has 0 aliphatic carbocycles. The first kappa shape index (κ1) is 18.1. The predicted molar refractivity (Wildman–Crippen MR) is 106 cm³/mol. The summed E-state index contributed by atoms with van der Waals surface area (Å²) in [7, 11) is 1.49. The third kappa shape index (κ3) is 3.60. The number of para-hydroxylation sites is 1. The van der Waals surface area contributed by atoms with Crippen molar-refractivity contribution in [2.75, 3.05) is 13.7 Å². The number of aliphatic imine (C=N–C) groups is 1. The highest BCUT2D eigenvalue weighted by molar-refractivity contribution is 8.18. The number of hydrogen-bond acceptors (Lipinski definition) is 5. The molecule has 2 aromatic carbocycles. The number of hydrogen-bond donors (Lipinski definition) is 1. The molecule has 2 aromatic rings. The minimum Gasteiger partial charge on any atom is -0.504 e. The first-order valence-electron chi connectivity index (χ1n) is 8.26. The number of carbonyl (C=O) groups is 1. The lowest BCUT2D eigenvalue weighted by atomic mass is 10.1. The van der Waals surface area contributed by atoms with E-state index in [4.69, 9.17) is 4.74 Å². The van der Waals surface area contributed by atoms with Crippen molar-refractivity contribution in [2.45, 2.75) is 13.8 Å². The number of methoxy groups -OCH3 is 1. The number of likely N-dealkylation sites (N-methyl/N-ethyl adjacent to an activating group) is 1. The number of amides is 1. The Morgan fingerprint density at radius 3 is 2.62 bits per heavy atom. The van der Waals surface area contributed by atoms with E-state index in [-0.39, 0.29) is 11.7 Å². The molecule has 1 aliphatic rings. The molecule has 0 atom stereocenters. The van der Waals surface area contributed by atoms with Crippen LogP contribution in [-0.4, -0.2) is 34.7 Å². The molecule has 1 saturated heterocycles. The van der Waals surface area contributed by atoms with E-state index in [1.807, 2.05) is 38.1 Å². The fourth-order valence-corrected chi connectivity index (χ4v) is 3.62. The first-order chi connectivity index (χ1) is 12.5. The van der Waals surface area contributed by atoms with E-state index in [0.29, 0.717) is 27.9 Å². The summed E-state index contributed by atoms with van der Waals surface area (Å²) in [6.07, 6.45) is 1.67. The van der Waals surface area contributed by atoms with Gasteiger partial charge in [0.15, 0.2) is 16.7 Å². The monoisotopic (exact) mass is 368 g/mol. The molecule has 1 N–H and O–H groups in total. The minimum atomic E-state index is -0.120. The molecule has 0 unspecified atom stereocenters. The Bertz CT molecular complexity index is 888. The van der Waals surface area contributed by atoms with Gasteiger partial charge in [0.1, 0.15) is 0 Å². The van der Waals surface area contributed by atoms with Crippen molar-refractivity contribution in [3.8, 4) is 11.5 Å². The average molecular weight is 368 g/mol. The van der Waals surface area contributed by atoms with Gasteiger partial charge >= 0.3 is 0 Å². The van der Waals surface area contributed by atoms with E-state index in [9.17, 15) is 9.90 Å². The molecular formula is C20H20N2O3S. The zero-order chi connectivity index (χ0) is 18.7. The maximum absolute atomic E-state index is 12.7. The van der Waals surface area contributed by atoms with Crippen molar-refractivity contribution in [1.82, 2.24) is 4.90 Å². The second-order valence-electron chi connectivity index (χ2n) is 5.79. The zero-order valence-electron chi connectivity index (χ0n) is 14.9. The van der Waals surface area contributed by atoms with Gasteiger partial charge in [-0.2, -0.15) is 0 Å². The number of benzene rings is 2. The minimum absolute atomic E-state index is 0.0165. The number of aryl methyl sites for hydroxylation is 1. The van der Waals surface area contributed by atoms with Gasteiger partial charge in [0, 0.05) is 12.1 Å². The van der Waals surface area contributed by atoms with Gasteiger partial charge in [-0.15, -0.1) is 0 Å². The fourth-order valence-electron chi connectivity index (χ4n) is 2.56. The second-order valence-corrected chi connectivity index (χ2v) is 6.80. The van der Waals surface area contributed by atoms with Gasteiger partial charge in [-0.3, -0.25) is 9.69 Å². The Morgan fingerprint density at radius 1 is 1.23 bits per heavy atom. The van der Waals surface area contributed by atoms with Crippen LogP contribution in [0.25, 0.3) is 6.08 Å². The molecule has 0 spiro atoms. The molecule has 0 radical (unpaired) electrons. The smallest absolute Gasteiger partial charge is 0.266 e. The molecule has 3 rings (SSSR count). The standard InChI is InChI=1S/C20H20N2O3S/c1-4-22-19(24)17(12-14-6-5-7-16(25-3)18(14)23)26-20(22)21-15-10-8-13(2)9-11-15/h5-12,23H,4H2,1-3H3/b17-12+,21-20?. The molecule has 0 aromatic heterocycles. The van der Waals surface area contributed by atoms with Crippen molar-refractivity contribution >= 4 is 34.6 Å². The number of rotatable bonds is 4. The van der Waals surface area contributed by atoms with Gasteiger partial charge in [0.05, 0.1) is 17.7 Å². The molecule has 6 heteroatoms. The highest BCUT2D eigenvalue weighted by Gasteiger charge is 2.32. The van der Waals surface area contributed by atoms with Crippen LogP contribution in [0.1, 0.15) is 18.1 Å². The van der Waals surface area contributed by atoms with E-state index in [1.165, 1.54) is 18.9 Å². The largest absolute Gasteiger partial charge is 0.504 e. The maximum Gasteiger partial charge on any atom is 0.266 e. The number of phenols is 1. The SMILES string of the molecule is CCN1C(=O)/C(=C\c2cccc(OC)c2O)SC1=Nc1ccc(C)cc1. The fraction of sp³-hybridized carbons (Fsp3) is 0.200. The van der Waals surface area contributed by atoms with Gasteiger partial charge in [-0.05, 0) is 49.9 Å². The van der Waals surface area contributed by atoms with Crippen molar-refractivity contribution in [2.24, 2.45) is 4.99 Å². The van der Waals surface area contributed by atoms with Crippen LogP contribution in [0.2, 0.25) is 0 Å². The summed E-state index contributed by atoms with van der Waals surface area (Å²) in [5.41, 5.74) is 2.49. The summed E-state index contributed by atoms with van der Waals surface area (Å²) in [6, 6.07) is 13.0. The second kappa shape index (κ2) is 7.66. The molecule has 0 saturated carbocycles. The van der Waals surface area contributed by atoms with Gasteiger partial charge in [-0.1, -0.05) is 29.8 Å². The molecule has 1 amide bonds. The molecular weight excluding hydrogens is 348 g/mol. The Labute approximate surface area is 157 Å². The third-order valence-electron chi connectivity index (χ3n) is 4.00. The van der Waals surface area contributed by atoms with Crippen LogP contribution in [-0.2, 0) is 4.79 Å². The lowest BCUT2D eigenvalue weighted by Gasteiger charge is -2.12. The predicted octanol–water partition coefficient (Wildman–Crippen LogP) is 4.33. The Morgan fingerprint density at radius 2 is 1.96 bits per heavy atom. The Balaban J connectivity index is 1.95. The number of carbonyl (C=O) groups excluding carboxylic acids is 1. The van der Waals surface area contributed by atoms with Gasteiger partial charge in [-0.25, -0.2) is 4.99 Å². The van der Waals surface area contributed by atoms with Crippen LogP contribution >= 0.6 is 11.8 Å². The molecule has 5 nitrogen and oxygen atoms in total. The van der Waals surface area contributed by atoms with Crippen LogP contribution in [0.4, 0.5) is 5.69 Å². The highest BCUT2D eigenvalue weighted by atomic mass is 32.2. The topological polar surface area (TPSA) is 62.1 Å². The molecule has 1 aliphatic heterocycles. The van der Waals surface area contributed by atoms with Crippen LogP contribution in [0.3, 0.4) is 0 Å². The van der Waals surface area contributed by atoms with E-state index < -0.39 is 0 Å². The third-order valence-corrected chi connectivity index (χ3v) is 5.01. The van der Waals surface area contributed by atoms with Crippen molar-refractivity contribution in [3.05, 3.63) is 58.5 Å². The molecule has 1 fully saturated rings. The van der Waals surface area contributed by atoms with E-state index in [1.54, 1.807) is 29.2 Å². The van der Waals surface area contributed by atoms with Crippen molar-refractivity contribution < 1.29 is 14.6 Å². The van der Waals surface area contributed by atoms with Crippen molar-refractivity contribution in [1.29, 1.82) is 0 Å². The first-order valence-corrected chi connectivity index (χ1v) is 9.08. The van der Waals surface area contributed by atoms with Crippen LogP contribution < -0.4 is 4.74 Å². The summed E-state index contributed by atoms with van der Waals surface area (Å²) in [6.45, 7) is 4.46. The molecule has 134 valence electrons. The summed E-state index contributed by atoms with van der Waals surface area (Å²) in [5, 5.41) is 10.9. The maximum atomic E-state index is 12.7. The number of thioether (sulfide) groups is 1. The zero-order valence-corrected chi connectivity index (χ0v) is 15.7. The van der Waals surface area contributed by atoms with Crippen LogP contribution in [0.15, 0.2) is 52.4 Å². The quantitative estimate of drug-likeness (QED) is 0.816. The highest BCUT2D eigenvalue weighted by Crippen LogP contribution is 2.37. The Kier molecular flexibility index (Phi) is 5.32. The van der Waals surface area contributed by atoms with Gasteiger partial charge < -0.3 is 9.84 Å². The van der Waals surface area contributed by atoms with E-state index >= 15 is 0 Å². The van der Waals surface area contributed by atoms with Crippen LogP contribution in [0.5, 0.6) is 11.5 Å². The average Bonchev–Trinajstić information content (AvgIpc) is 2.93. The normalized spacial score (nSPS) is 17.3. The molecule has 0 bridgehead atoms. The summed E-state index contributed by atoms with van der Waals surface area (Å²) in [5.74, 6) is 0.268. The summed E-state index contributed by atoms with van der Waals surface area (Å²) >= 11 is 1.30. The lowest BCUT2D eigenvalue weighted by molar-refractivity contribution is -0.122. The number of nitrogens with zero attached hydrogens (tertiary/aromatic N) is 2.